The molecule has 0 aromatic heterocycles. The summed E-state index contributed by atoms with van der Waals surface area (Å²) >= 11 is 0. The number of benzene rings is 1. The molecule has 120 valence electrons. The highest BCUT2D eigenvalue weighted by atomic mass is 19.1. The zero-order valence-electron chi connectivity index (χ0n) is 12.7. The number of nitrogens with one attached hydrogen (secondary N) is 1. The fourth-order valence-electron chi connectivity index (χ4n) is 3.03. The maximum absolute atomic E-state index is 14.1. The summed E-state index contributed by atoms with van der Waals surface area (Å²) in [5, 5.41) is 3.00. The lowest BCUT2D eigenvalue weighted by Crippen LogP contribution is -2.64. The fraction of sp³-hybridized carbons (Fsp3) is 0.562. The number of amides is 1. The number of nitrogens with zero attached hydrogens (tertiary/aromatic N) is 1. The Morgan fingerprint density at radius 3 is 2.82 bits per heavy atom. The Labute approximate surface area is 129 Å². The zero-order valence-corrected chi connectivity index (χ0v) is 12.7. The van der Waals surface area contributed by atoms with E-state index in [1.165, 1.54) is 6.07 Å². The molecule has 1 unspecified atom stereocenters. The number of hydrogen-bond acceptors (Lipinski definition) is 4. The van der Waals surface area contributed by atoms with Gasteiger partial charge in [0.25, 0.3) is 0 Å². The Bertz CT molecular complexity index is 548. The zero-order chi connectivity index (χ0) is 15.6. The van der Waals surface area contributed by atoms with E-state index < -0.39 is 5.54 Å². The van der Waals surface area contributed by atoms with Gasteiger partial charge in [-0.05, 0) is 12.6 Å². The fourth-order valence-corrected chi connectivity index (χ4v) is 3.03. The minimum absolute atomic E-state index is 0.131. The molecule has 0 aliphatic carbocycles. The van der Waals surface area contributed by atoms with E-state index in [1.807, 2.05) is 6.92 Å². The number of morpholine rings is 1. The molecule has 1 amide bonds. The summed E-state index contributed by atoms with van der Waals surface area (Å²) in [5.41, 5.74) is -0.284. The van der Waals surface area contributed by atoms with E-state index in [4.69, 9.17) is 9.47 Å². The molecule has 2 saturated heterocycles. The summed E-state index contributed by atoms with van der Waals surface area (Å²) in [6.45, 7) is 5.12. The molecular formula is C16H21FN2O3. The third-order valence-corrected chi connectivity index (χ3v) is 4.40. The molecule has 6 heteroatoms. The second kappa shape index (κ2) is 6.32. The van der Waals surface area contributed by atoms with Crippen LogP contribution in [0.25, 0.3) is 0 Å². The van der Waals surface area contributed by atoms with Gasteiger partial charge in [0.15, 0.2) is 0 Å². The lowest BCUT2D eigenvalue weighted by molar-refractivity contribution is -0.144. The van der Waals surface area contributed by atoms with Crippen molar-refractivity contribution in [3.8, 4) is 0 Å². The average Bonchev–Trinajstić information content (AvgIpc) is 2.51. The van der Waals surface area contributed by atoms with Crippen LogP contribution in [0.2, 0.25) is 0 Å². The van der Waals surface area contributed by atoms with Crippen molar-refractivity contribution in [2.24, 2.45) is 0 Å². The van der Waals surface area contributed by atoms with Gasteiger partial charge in [-0.3, -0.25) is 9.69 Å². The summed E-state index contributed by atoms with van der Waals surface area (Å²) in [6.07, 6.45) is 0. The Morgan fingerprint density at radius 1 is 1.41 bits per heavy atom. The van der Waals surface area contributed by atoms with E-state index in [9.17, 15) is 9.18 Å². The van der Waals surface area contributed by atoms with Gasteiger partial charge in [-0.1, -0.05) is 25.1 Å². The van der Waals surface area contributed by atoms with Crippen LogP contribution in [0.15, 0.2) is 24.3 Å². The maximum atomic E-state index is 14.1. The number of halogens is 1. The van der Waals surface area contributed by atoms with Crippen molar-refractivity contribution in [3.05, 3.63) is 35.6 Å². The Balaban J connectivity index is 1.78. The van der Waals surface area contributed by atoms with Crippen LogP contribution < -0.4 is 5.32 Å². The highest BCUT2D eigenvalue weighted by Gasteiger charge is 2.45. The van der Waals surface area contributed by atoms with Crippen LogP contribution in [-0.2, 0) is 19.8 Å². The summed E-state index contributed by atoms with van der Waals surface area (Å²) in [5.74, 6) is -0.452. The lowest BCUT2D eigenvalue weighted by Gasteiger charge is -2.44. The molecule has 0 radical (unpaired) electrons. The van der Waals surface area contributed by atoms with Crippen molar-refractivity contribution in [1.29, 1.82) is 0 Å². The van der Waals surface area contributed by atoms with Crippen molar-refractivity contribution < 1.29 is 18.7 Å². The van der Waals surface area contributed by atoms with Gasteiger partial charge in [0.1, 0.15) is 17.4 Å². The second-order valence-electron chi connectivity index (χ2n) is 5.76. The number of carbonyl (C=O) groups is 1. The number of hydrogen-bond donors (Lipinski definition) is 1. The Morgan fingerprint density at radius 2 is 2.18 bits per heavy atom. The second-order valence-corrected chi connectivity index (χ2v) is 5.76. The van der Waals surface area contributed by atoms with Gasteiger partial charge < -0.3 is 14.8 Å². The predicted molar refractivity (Wildman–Crippen MR) is 78.9 cm³/mol. The molecule has 3 rings (SSSR count). The van der Waals surface area contributed by atoms with Gasteiger partial charge in [-0.2, -0.15) is 0 Å². The van der Waals surface area contributed by atoms with E-state index in [0.717, 1.165) is 13.1 Å². The van der Waals surface area contributed by atoms with Crippen LogP contribution in [0.1, 0.15) is 12.5 Å². The molecular weight excluding hydrogens is 287 g/mol. The van der Waals surface area contributed by atoms with Crippen LogP contribution in [0.4, 0.5) is 4.39 Å². The number of ether oxygens (including phenoxy) is 2. The standard InChI is InChI=1S/C16H21FN2O3/c1-2-19-7-8-21-9-14(19)15(20)18-16(10-22-11-16)12-5-3-4-6-13(12)17/h3-6,14H,2,7-11H2,1H3,(H,18,20). The monoisotopic (exact) mass is 308 g/mol. The van der Waals surface area contributed by atoms with Gasteiger partial charge in [0, 0.05) is 12.1 Å². The van der Waals surface area contributed by atoms with Gasteiger partial charge >= 0.3 is 0 Å². The van der Waals surface area contributed by atoms with Gasteiger partial charge in [0.05, 0.1) is 26.4 Å². The first-order chi connectivity index (χ1) is 10.7. The van der Waals surface area contributed by atoms with Crippen LogP contribution in [-0.4, -0.2) is 56.4 Å². The highest BCUT2D eigenvalue weighted by molar-refractivity contribution is 5.83. The molecule has 2 aliphatic heterocycles. The lowest BCUT2D eigenvalue weighted by atomic mass is 9.87. The number of rotatable bonds is 4. The minimum atomic E-state index is -0.765. The molecule has 2 aliphatic rings. The molecule has 0 bridgehead atoms. The molecule has 1 N–H and O–H groups in total. The quantitative estimate of drug-likeness (QED) is 0.897. The predicted octanol–water partition coefficient (Wildman–Crippen LogP) is 0.888. The van der Waals surface area contributed by atoms with E-state index >= 15 is 0 Å². The average molecular weight is 308 g/mol. The van der Waals surface area contributed by atoms with Crippen LogP contribution in [0.5, 0.6) is 0 Å². The molecule has 1 aromatic rings. The largest absolute Gasteiger partial charge is 0.378 e. The van der Waals surface area contributed by atoms with Crippen molar-refractivity contribution in [2.45, 2.75) is 18.5 Å². The Kier molecular flexibility index (Phi) is 4.42. The third kappa shape index (κ3) is 2.74. The molecule has 0 saturated carbocycles. The highest BCUT2D eigenvalue weighted by Crippen LogP contribution is 2.31. The molecule has 2 heterocycles. The van der Waals surface area contributed by atoms with Crippen LogP contribution >= 0.6 is 0 Å². The Hall–Kier alpha value is -1.50. The van der Waals surface area contributed by atoms with Crippen molar-refractivity contribution in [1.82, 2.24) is 10.2 Å². The summed E-state index contributed by atoms with van der Waals surface area (Å²) in [6, 6.07) is 6.19. The first-order valence-electron chi connectivity index (χ1n) is 7.63. The smallest absolute Gasteiger partial charge is 0.240 e. The van der Waals surface area contributed by atoms with Crippen molar-refractivity contribution >= 4 is 5.91 Å². The van der Waals surface area contributed by atoms with Crippen molar-refractivity contribution in [2.75, 3.05) is 39.5 Å². The number of carbonyl (C=O) groups excluding carboxylic acids is 1. The first kappa shape index (κ1) is 15.4. The van der Waals surface area contributed by atoms with E-state index in [1.54, 1.807) is 18.2 Å². The molecule has 1 aromatic carbocycles. The van der Waals surface area contributed by atoms with Gasteiger partial charge in [0.2, 0.25) is 5.91 Å². The SMILES string of the molecule is CCN1CCOCC1C(=O)NC1(c2ccccc2F)COC1. The van der Waals surface area contributed by atoms with Crippen molar-refractivity contribution in [3.63, 3.8) is 0 Å². The minimum Gasteiger partial charge on any atom is -0.378 e. The van der Waals surface area contributed by atoms with Gasteiger partial charge in [-0.15, -0.1) is 0 Å². The topological polar surface area (TPSA) is 50.8 Å². The normalized spacial score (nSPS) is 24.5. The van der Waals surface area contributed by atoms with E-state index in [2.05, 4.69) is 10.2 Å². The molecule has 1 atom stereocenters. The molecule has 2 fully saturated rings. The summed E-state index contributed by atoms with van der Waals surface area (Å²) in [4.78, 5) is 14.7. The van der Waals surface area contributed by atoms with Gasteiger partial charge in [-0.25, -0.2) is 4.39 Å². The van der Waals surface area contributed by atoms with Crippen LogP contribution in [0, 0.1) is 5.82 Å². The maximum Gasteiger partial charge on any atom is 0.240 e. The third-order valence-electron chi connectivity index (χ3n) is 4.40. The first-order valence-corrected chi connectivity index (χ1v) is 7.63. The molecule has 0 spiro atoms. The van der Waals surface area contributed by atoms with Crippen LogP contribution in [0.3, 0.4) is 0 Å². The van der Waals surface area contributed by atoms with E-state index in [0.29, 0.717) is 32.0 Å². The van der Waals surface area contributed by atoms with E-state index in [-0.39, 0.29) is 17.8 Å². The summed E-state index contributed by atoms with van der Waals surface area (Å²) < 4.78 is 24.8. The summed E-state index contributed by atoms with van der Waals surface area (Å²) in [7, 11) is 0. The number of likely N-dealkylation sites (N-methyl/N-ethyl adjacent to an activating group) is 1. The molecule has 5 nitrogen and oxygen atoms in total. The molecule has 22 heavy (non-hydrogen) atoms.